The van der Waals surface area contributed by atoms with Gasteiger partial charge in [-0.15, -0.1) is 6.42 Å². The molecular formula is C20H14N4O3. The molecule has 4 rings (SSSR count). The number of aromatic hydroxyl groups is 1. The second-order valence-electron chi connectivity index (χ2n) is 5.65. The van der Waals surface area contributed by atoms with Crippen LogP contribution in [0.2, 0.25) is 0 Å². The number of aromatic nitrogens is 2. The van der Waals surface area contributed by atoms with Gasteiger partial charge in [-0.3, -0.25) is 0 Å². The topological polar surface area (TPSA) is 88.9 Å². The van der Waals surface area contributed by atoms with Crippen molar-refractivity contribution in [1.29, 1.82) is 0 Å². The molecule has 0 saturated carbocycles. The zero-order chi connectivity index (χ0) is 18.8. The number of hydrogen-bond donors (Lipinski definition) is 2. The second-order valence-corrected chi connectivity index (χ2v) is 5.65. The summed E-state index contributed by atoms with van der Waals surface area (Å²) in [6.45, 7) is 0. The molecule has 0 unspecified atom stereocenters. The Morgan fingerprint density at radius 1 is 1.22 bits per heavy atom. The van der Waals surface area contributed by atoms with Gasteiger partial charge in [0.05, 0.1) is 7.11 Å². The highest BCUT2D eigenvalue weighted by Gasteiger charge is 2.19. The molecule has 2 heterocycles. The third-order valence-corrected chi connectivity index (χ3v) is 3.93. The SMILES string of the molecule is C#Cc1cccc(Nc2ncnc3c2N=Cc2cc(O)c(OC)cc2O3)c1. The van der Waals surface area contributed by atoms with Crippen molar-refractivity contribution in [2.24, 2.45) is 4.99 Å². The number of ether oxygens (including phenoxy) is 2. The summed E-state index contributed by atoms with van der Waals surface area (Å²) >= 11 is 0. The smallest absolute Gasteiger partial charge is 0.250 e. The van der Waals surface area contributed by atoms with Gasteiger partial charge >= 0.3 is 0 Å². The highest BCUT2D eigenvalue weighted by atomic mass is 16.5. The van der Waals surface area contributed by atoms with Crippen molar-refractivity contribution in [3.05, 3.63) is 53.9 Å². The first kappa shape index (κ1) is 16.4. The quantitative estimate of drug-likeness (QED) is 0.542. The van der Waals surface area contributed by atoms with Crippen molar-refractivity contribution < 1.29 is 14.6 Å². The fourth-order valence-electron chi connectivity index (χ4n) is 2.63. The number of phenolic OH excluding ortho intramolecular Hbond substituents is 1. The van der Waals surface area contributed by atoms with Gasteiger partial charge in [-0.2, -0.15) is 4.98 Å². The van der Waals surface area contributed by atoms with Crippen molar-refractivity contribution >= 4 is 23.4 Å². The largest absolute Gasteiger partial charge is 0.504 e. The van der Waals surface area contributed by atoms with Crippen LogP contribution in [-0.4, -0.2) is 28.4 Å². The molecule has 0 amide bonds. The lowest BCUT2D eigenvalue weighted by Crippen LogP contribution is -1.97. The van der Waals surface area contributed by atoms with Crippen molar-refractivity contribution in [3.8, 4) is 35.5 Å². The van der Waals surface area contributed by atoms with Gasteiger partial charge in [0, 0.05) is 29.1 Å². The van der Waals surface area contributed by atoms with E-state index < -0.39 is 0 Å². The van der Waals surface area contributed by atoms with E-state index in [0.29, 0.717) is 28.6 Å². The number of rotatable bonds is 3. The number of phenols is 1. The third kappa shape index (κ3) is 3.12. The molecule has 1 aliphatic heterocycles. The van der Waals surface area contributed by atoms with Crippen LogP contribution in [0, 0.1) is 12.3 Å². The van der Waals surface area contributed by atoms with Gasteiger partial charge in [0.25, 0.3) is 5.88 Å². The Bertz CT molecular complexity index is 1100. The molecule has 0 fully saturated rings. The number of terminal acetylenes is 1. The van der Waals surface area contributed by atoms with E-state index in [0.717, 1.165) is 11.3 Å². The maximum atomic E-state index is 9.98. The molecular weight excluding hydrogens is 344 g/mol. The van der Waals surface area contributed by atoms with E-state index in [1.165, 1.54) is 19.5 Å². The van der Waals surface area contributed by atoms with Crippen LogP contribution in [0.3, 0.4) is 0 Å². The highest BCUT2D eigenvalue weighted by Crippen LogP contribution is 2.42. The van der Waals surface area contributed by atoms with Crippen molar-refractivity contribution in [2.45, 2.75) is 0 Å². The summed E-state index contributed by atoms with van der Waals surface area (Å²) in [4.78, 5) is 12.9. The van der Waals surface area contributed by atoms with Crippen LogP contribution in [0.4, 0.5) is 17.2 Å². The van der Waals surface area contributed by atoms with E-state index in [1.807, 2.05) is 24.3 Å². The van der Waals surface area contributed by atoms with E-state index in [4.69, 9.17) is 15.9 Å². The molecule has 0 saturated heterocycles. The van der Waals surface area contributed by atoms with Crippen molar-refractivity contribution in [1.82, 2.24) is 9.97 Å². The molecule has 0 bridgehead atoms. The Morgan fingerprint density at radius 2 is 2.11 bits per heavy atom. The molecule has 3 aromatic rings. The number of hydrogen-bond acceptors (Lipinski definition) is 7. The minimum atomic E-state index is -0.00668. The molecule has 132 valence electrons. The van der Waals surface area contributed by atoms with Crippen LogP contribution in [0.1, 0.15) is 11.1 Å². The van der Waals surface area contributed by atoms with Gasteiger partial charge in [-0.25, -0.2) is 9.98 Å². The minimum absolute atomic E-state index is 0.00668. The average molecular weight is 358 g/mol. The van der Waals surface area contributed by atoms with E-state index in [1.54, 1.807) is 12.3 Å². The average Bonchev–Trinajstić information content (AvgIpc) is 2.87. The van der Waals surface area contributed by atoms with Gasteiger partial charge in [0.1, 0.15) is 12.1 Å². The number of nitrogens with one attached hydrogen (secondary N) is 1. The van der Waals surface area contributed by atoms with Crippen molar-refractivity contribution in [2.75, 3.05) is 12.4 Å². The van der Waals surface area contributed by atoms with Crippen LogP contribution in [-0.2, 0) is 0 Å². The maximum absolute atomic E-state index is 9.98. The molecule has 1 aromatic heterocycles. The van der Waals surface area contributed by atoms with Crippen LogP contribution in [0.15, 0.2) is 47.7 Å². The Hall–Kier alpha value is -4.05. The lowest BCUT2D eigenvalue weighted by atomic mass is 10.2. The zero-order valence-electron chi connectivity index (χ0n) is 14.3. The predicted octanol–water partition coefficient (Wildman–Crippen LogP) is 3.77. The number of methoxy groups -OCH3 is 1. The number of aliphatic imine (C=N–C) groups is 1. The lowest BCUT2D eigenvalue weighted by molar-refractivity contribution is 0.369. The Morgan fingerprint density at radius 3 is 2.93 bits per heavy atom. The van der Waals surface area contributed by atoms with Crippen LogP contribution >= 0.6 is 0 Å². The van der Waals surface area contributed by atoms with Gasteiger partial charge in [0.15, 0.2) is 23.0 Å². The van der Waals surface area contributed by atoms with Gasteiger partial charge in [-0.1, -0.05) is 12.0 Å². The summed E-state index contributed by atoms with van der Waals surface area (Å²) in [5.74, 6) is 4.09. The molecule has 0 atom stereocenters. The van der Waals surface area contributed by atoms with Crippen LogP contribution < -0.4 is 14.8 Å². The summed E-state index contributed by atoms with van der Waals surface area (Å²) in [6, 6.07) is 10.5. The van der Waals surface area contributed by atoms with E-state index >= 15 is 0 Å². The first-order chi connectivity index (χ1) is 13.2. The standard InChI is InChI=1S/C20H14N4O3/c1-3-12-5-4-6-14(7-12)24-19-18-20(23-11-22-19)27-16-9-17(26-2)15(25)8-13(16)10-21-18/h1,4-11,25H,2H3,(H,22,23,24). The minimum Gasteiger partial charge on any atom is -0.504 e. The molecule has 0 spiro atoms. The Kier molecular flexibility index (Phi) is 4.07. The molecule has 1 aliphatic rings. The molecule has 0 radical (unpaired) electrons. The number of anilines is 2. The van der Waals surface area contributed by atoms with Gasteiger partial charge < -0.3 is 19.9 Å². The zero-order valence-corrected chi connectivity index (χ0v) is 14.3. The number of benzene rings is 2. The molecule has 7 heteroatoms. The van der Waals surface area contributed by atoms with Crippen molar-refractivity contribution in [3.63, 3.8) is 0 Å². The molecule has 2 N–H and O–H groups in total. The van der Waals surface area contributed by atoms with E-state index in [9.17, 15) is 5.11 Å². The van der Waals surface area contributed by atoms with Gasteiger partial charge in [0.2, 0.25) is 0 Å². The summed E-state index contributed by atoms with van der Waals surface area (Å²) in [5.41, 5.74) is 2.53. The molecule has 2 aromatic carbocycles. The van der Waals surface area contributed by atoms with Crippen LogP contribution in [0.5, 0.6) is 23.1 Å². The monoisotopic (exact) mass is 358 g/mol. The molecule has 0 aliphatic carbocycles. The first-order valence-electron chi connectivity index (χ1n) is 7.99. The summed E-state index contributed by atoms with van der Waals surface area (Å²) in [5, 5.41) is 13.2. The lowest BCUT2D eigenvalue weighted by Gasteiger charge is -2.12. The number of nitrogens with zero attached hydrogens (tertiary/aromatic N) is 3. The third-order valence-electron chi connectivity index (χ3n) is 3.93. The molecule has 7 nitrogen and oxygen atoms in total. The fourth-order valence-corrected chi connectivity index (χ4v) is 2.63. The van der Waals surface area contributed by atoms with Gasteiger partial charge in [-0.05, 0) is 24.3 Å². The summed E-state index contributed by atoms with van der Waals surface area (Å²) < 4.78 is 11.0. The number of fused-ring (bicyclic) bond motifs is 2. The maximum Gasteiger partial charge on any atom is 0.250 e. The fraction of sp³-hybridized carbons (Fsp3) is 0.0500. The Labute approximate surface area is 155 Å². The predicted molar refractivity (Wildman–Crippen MR) is 102 cm³/mol. The summed E-state index contributed by atoms with van der Waals surface area (Å²) in [7, 11) is 1.47. The van der Waals surface area contributed by atoms with E-state index in [2.05, 4.69) is 26.2 Å². The Balaban J connectivity index is 1.74. The van der Waals surface area contributed by atoms with E-state index in [-0.39, 0.29) is 11.6 Å². The second kappa shape index (κ2) is 6.69. The highest BCUT2D eigenvalue weighted by molar-refractivity contribution is 5.90. The van der Waals surface area contributed by atoms with Crippen LogP contribution in [0.25, 0.3) is 0 Å². The molecule has 27 heavy (non-hydrogen) atoms. The normalized spacial score (nSPS) is 11.4. The summed E-state index contributed by atoms with van der Waals surface area (Å²) in [6.07, 6.45) is 8.41. The first-order valence-corrected chi connectivity index (χ1v) is 7.99.